The summed E-state index contributed by atoms with van der Waals surface area (Å²) in [7, 11) is 0. The van der Waals surface area contributed by atoms with Gasteiger partial charge in [-0.3, -0.25) is 0 Å². The van der Waals surface area contributed by atoms with Crippen LogP contribution in [-0.4, -0.2) is 0 Å². The summed E-state index contributed by atoms with van der Waals surface area (Å²) in [4.78, 5) is 0. The zero-order valence-electron chi connectivity index (χ0n) is 11.1. The summed E-state index contributed by atoms with van der Waals surface area (Å²) in [5.41, 5.74) is 2.50. The van der Waals surface area contributed by atoms with Crippen molar-refractivity contribution in [2.24, 2.45) is 5.92 Å². The minimum atomic E-state index is 0.635. The predicted molar refractivity (Wildman–Crippen MR) is 75.8 cm³/mol. The molecule has 0 aromatic heterocycles. The molecule has 2 aromatic carbocycles. The Hall–Kier alpha value is -1.76. The van der Waals surface area contributed by atoms with Crippen molar-refractivity contribution in [3.05, 3.63) is 65.7 Å². The number of para-hydroxylation sites is 1. The smallest absolute Gasteiger partial charge is 0.123 e. The molecule has 0 bridgehead atoms. The Kier molecular flexibility index (Phi) is 4.40. The third-order valence-corrected chi connectivity index (χ3v) is 2.84. The SMILES string of the molecule is CC(C)Cc1ccccc1OCc1ccccc1. The highest BCUT2D eigenvalue weighted by molar-refractivity contribution is 5.33. The molecule has 0 aliphatic heterocycles. The average molecular weight is 240 g/mol. The lowest BCUT2D eigenvalue weighted by molar-refractivity contribution is 0.302. The lowest BCUT2D eigenvalue weighted by Gasteiger charge is -2.13. The standard InChI is InChI=1S/C17H20O/c1-14(2)12-16-10-6-7-11-17(16)18-13-15-8-4-3-5-9-15/h3-11,14H,12-13H2,1-2H3. The fourth-order valence-corrected chi connectivity index (χ4v) is 1.99. The minimum Gasteiger partial charge on any atom is -0.489 e. The summed E-state index contributed by atoms with van der Waals surface area (Å²) in [5, 5.41) is 0. The summed E-state index contributed by atoms with van der Waals surface area (Å²) < 4.78 is 5.92. The molecule has 0 aliphatic carbocycles. The maximum atomic E-state index is 5.92. The Morgan fingerprint density at radius 1 is 0.889 bits per heavy atom. The van der Waals surface area contributed by atoms with Crippen LogP contribution in [0.5, 0.6) is 5.75 Å². The van der Waals surface area contributed by atoms with Crippen LogP contribution in [0.1, 0.15) is 25.0 Å². The molecule has 0 heterocycles. The van der Waals surface area contributed by atoms with Crippen molar-refractivity contribution < 1.29 is 4.74 Å². The van der Waals surface area contributed by atoms with Crippen molar-refractivity contribution >= 4 is 0 Å². The van der Waals surface area contributed by atoms with Crippen molar-refractivity contribution in [2.45, 2.75) is 26.9 Å². The quantitative estimate of drug-likeness (QED) is 0.749. The van der Waals surface area contributed by atoms with Gasteiger partial charge in [-0.15, -0.1) is 0 Å². The largest absolute Gasteiger partial charge is 0.489 e. The van der Waals surface area contributed by atoms with E-state index in [0.29, 0.717) is 12.5 Å². The molecule has 1 nitrogen and oxygen atoms in total. The highest BCUT2D eigenvalue weighted by Crippen LogP contribution is 2.22. The van der Waals surface area contributed by atoms with Crippen LogP contribution in [0, 0.1) is 5.92 Å². The van der Waals surface area contributed by atoms with E-state index in [1.54, 1.807) is 0 Å². The van der Waals surface area contributed by atoms with Crippen LogP contribution in [0.15, 0.2) is 54.6 Å². The van der Waals surface area contributed by atoms with E-state index in [2.05, 4.69) is 44.2 Å². The van der Waals surface area contributed by atoms with E-state index in [-0.39, 0.29) is 0 Å². The van der Waals surface area contributed by atoms with Crippen LogP contribution in [-0.2, 0) is 13.0 Å². The molecule has 18 heavy (non-hydrogen) atoms. The maximum absolute atomic E-state index is 5.92. The van der Waals surface area contributed by atoms with E-state index in [1.165, 1.54) is 11.1 Å². The molecule has 1 heteroatoms. The fourth-order valence-electron chi connectivity index (χ4n) is 1.99. The zero-order valence-corrected chi connectivity index (χ0v) is 11.1. The summed E-state index contributed by atoms with van der Waals surface area (Å²) in [6.07, 6.45) is 1.06. The van der Waals surface area contributed by atoms with Crippen molar-refractivity contribution in [1.82, 2.24) is 0 Å². The molecule has 2 aromatic rings. The molecule has 2 rings (SSSR count). The van der Waals surface area contributed by atoms with Crippen LogP contribution < -0.4 is 4.74 Å². The number of ether oxygens (including phenoxy) is 1. The van der Waals surface area contributed by atoms with Gasteiger partial charge in [0.2, 0.25) is 0 Å². The number of benzene rings is 2. The molecular weight excluding hydrogens is 220 g/mol. The molecule has 0 aliphatic rings. The number of hydrogen-bond donors (Lipinski definition) is 0. The topological polar surface area (TPSA) is 9.23 Å². The van der Waals surface area contributed by atoms with Crippen molar-refractivity contribution in [2.75, 3.05) is 0 Å². The molecule has 0 saturated carbocycles. The van der Waals surface area contributed by atoms with E-state index in [1.807, 2.05) is 24.3 Å². The first-order valence-electron chi connectivity index (χ1n) is 6.50. The molecule has 0 atom stereocenters. The van der Waals surface area contributed by atoms with Crippen molar-refractivity contribution in [3.8, 4) is 5.75 Å². The summed E-state index contributed by atoms with van der Waals surface area (Å²) in [6.45, 7) is 5.10. The predicted octanol–water partition coefficient (Wildman–Crippen LogP) is 4.46. The van der Waals surface area contributed by atoms with Crippen LogP contribution in [0.4, 0.5) is 0 Å². The van der Waals surface area contributed by atoms with Crippen LogP contribution in [0.25, 0.3) is 0 Å². The maximum Gasteiger partial charge on any atom is 0.123 e. The summed E-state index contributed by atoms with van der Waals surface area (Å²) >= 11 is 0. The van der Waals surface area contributed by atoms with Gasteiger partial charge in [-0.1, -0.05) is 62.4 Å². The first-order chi connectivity index (χ1) is 8.75. The Balaban J connectivity index is 2.05. The van der Waals surface area contributed by atoms with Gasteiger partial charge in [0.25, 0.3) is 0 Å². The molecule has 0 amide bonds. The Bertz CT molecular complexity index is 474. The molecule has 0 fully saturated rings. The minimum absolute atomic E-state index is 0.635. The second-order valence-electron chi connectivity index (χ2n) is 4.98. The lowest BCUT2D eigenvalue weighted by Crippen LogP contribution is -2.01. The van der Waals surface area contributed by atoms with E-state index >= 15 is 0 Å². The Morgan fingerprint density at radius 2 is 1.56 bits per heavy atom. The lowest BCUT2D eigenvalue weighted by atomic mass is 10.0. The van der Waals surface area contributed by atoms with Gasteiger partial charge in [0.15, 0.2) is 0 Å². The Morgan fingerprint density at radius 3 is 2.28 bits per heavy atom. The highest BCUT2D eigenvalue weighted by atomic mass is 16.5. The van der Waals surface area contributed by atoms with Crippen LogP contribution in [0.3, 0.4) is 0 Å². The van der Waals surface area contributed by atoms with Gasteiger partial charge >= 0.3 is 0 Å². The number of hydrogen-bond acceptors (Lipinski definition) is 1. The highest BCUT2D eigenvalue weighted by Gasteiger charge is 2.05. The van der Waals surface area contributed by atoms with E-state index in [9.17, 15) is 0 Å². The molecule has 94 valence electrons. The van der Waals surface area contributed by atoms with Gasteiger partial charge in [-0.25, -0.2) is 0 Å². The summed E-state index contributed by atoms with van der Waals surface area (Å²) in [5.74, 6) is 1.65. The third-order valence-electron chi connectivity index (χ3n) is 2.84. The van der Waals surface area contributed by atoms with E-state index < -0.39 is 0 Å². The third kappa shape index (κ3) is 3.63. The zero-order chi connectivity index (χ0) is 12.8. The van der Waals surface area contributed by atoms with Gasteiger partial charge in [-0.05, 0) is 29.5 Å². The van der Waals surface area contributed by atoms with Gasteiger partial charge in [0.05, 0.1) is 0 Å². The first-order valence-corrected chi connectivity index (χ1v) is 6.50. The average Bonchev–Trinajstić information content (AvgIpc) is 2.38. The van der Waals surface area contributed by atoms with Gasteiger partial charge < -0.3 is 4.74 Å². The molecule has 0 spiro atoms. The molecule has 0 saturated heterocycles. The first kappa shape index (κ1) is 12.7. The normalized spacial score (nSPS) is 10.6. The molecule has 0 radical (unpaired) electrons. The second-order valence-corrected chi connectivity index (χ2v) is 4.98. The van der Waals surface area contributed by atoms with Gasteiger partial charge in [-0.2, -0.15) is 0 Å². The second kappa shape index (κ2) is 6.25. The van der Waals surface area contributed by atoms with Crippen LogP contribution in [0.2, 0.25) is 0 Å². The van der Waals surface area contributed by atoms with Gasteiger partial charge in [0, 0.05) is 0 Å². The Labute approximate surface area is 109 Å². The van der Waals surface area contributed by atoms with Crippen molar-refractivity contribution in [3.63, 3.8) is 0 Å². The fraction of sp³-hybridized carbons (Fsp3) is 0.294. The van der Waals surface area contributed by atoms with Crippen molar-refractivity contribution in [1.29, 1.82) is 0 Å². The molecular formula is C17H20O. The van der Waals surface area contributed by atoms with Gasteiger partial charge in [0.1, 0.15) is 12.4 Å². The molecule has 0 N–H and O–H groups in total. The van der Waals surface area contributed by atoms with Crippen LogP contribution >= 0.6 is 0 Å². The monoisotopic (exact) mass is 240 g/mol. The molecule has 0 unspecified atom stereocenters. The number of rotatable bonds is 5. The van der Waals surface area contributed by atoms with E-state index in [4.69, 9.17) is 4.74 Å². The van der Waals surface area contributed by atoms with E-state index in [0.717, 1.165) is 12.2 Å². The summed E-state index contributed by atoms with van der Waals surface area (Å²) in [6, 6.07) is 18.6.